The maximum Gasteiger partial charge on any atom is 0.312 e. The lowest BCUT2D eigenvalue weighted by atomic mass is 9.77. The summed E-state index contributed by atoms with van der Waals surface area (Å²) in [5.41, 5.74) is 2.07. The summed E-state index contributed by atoms with van der Waals surface area (Å²) >= 11 is 1.83. The van der Waals surface area contributed by atoms with Gasteiger partial charge >= 0.3 is 5.97 Å². The second-order valence-electron chi connectivity index (χ2n) is 19.5. The van der Waals surface area contributed by atoms with E-state index in [1.165, 1.54) is 26.4 Å². The minimum Gasteiger partial charge on any atom is -0.448 e. The summed E-state index contributed by atoms with van der Waals surface area (Å²) < 4.78 is 43.9. The van der Waals surface area contributed by atoms with Crippen molar-refractivity contribution in [2.45, 2.75) is 176 Å². The van der Waals surface area contributed by atoms with Crippen molar-refractivity contribution in [3.05, 3.63) is 24.0 Å². The SMILES string of the molecule is CO[C@]1(C)C[C@H](O[C@H]2[C@H](C)[C@@H](O[C@@H]3O[C@H](C)C[C@H](N(C)C)[C@H]3OCCCNC(=O)c3cncc(N)c3)[C@](C)(O)C[C@@H](C)CN(C)[C@H](C)[C@@H](O)[C@](C)(O)[C@@H](I)OC(=O)[C@@H]2C)O[C@@H](C)[C@@H]1O. The second-order valence-corrected chi connectivity index (χ2v) is 20.7. The number of halogens is 1. The van der Waals surface area contributed by atoms with E-state index in [-0.39, 0.29) is 43.4 Å². The third-order valence-electron chi connectivity index (χ3n) is 13.5. The third-order valence-corrected chi connectivity index (χ3v) is 15.0. The van der Waals surface area contributed by atoms with Crippen molar-refractivity contribution in [3.8, 4) is 0 Å². The van der Waals surface area contributed by atoms with Crippen LogP contribution in [0.2, 0.25) is 0 Å². The van der Waals surface area contributed by atoms with Gasteiger partial charge in [0.05, 0.1) is 52.8 Å². The van der Waals surface area contributed by atoms with Crippen LogP contribution in [0.15, 0.2) is 18.5 Å². The van der Waals surface area contributed by atoms with Crippen LogP contribution in [-0.4, -0.2) is 183 Å². The molecule has 0 radical (unpaired) electrons. The van der Waals surface area contributed by atoms with Crippen LogP contribution in [-0.2, 0) is 38.0 Å². The van der Waals surface area contributed by atoms with Gasteiger partial charge in [-0.25, -0.2) is 0 Å². The Labute approximate surface area is 393 Å². The highest BCUT2D eigenvalue weighted by atomic mass is 127. The van der Waals surface area contributed by atoms with Gasteiger partial charge < -0.3 is 74.4 Å². The molecule has 0 saturated carbocycles. The molecule has 18 atom stereocenters. The lowest BCUT2D eigenvalue weighted by Gasteiger charge is -2.49. The number of alkyl halides is 1. The number of aliphatic hydroxyl groups is 4. The molecule has 0 aliphatic carbocycles. The van der Waals surface area contributed by atoms with Gasteiger partial charge in [-0.05, 0) is 123 Å². The van der Waals surface area contributed by atoms with Crippen LogP contribution < -0.4 is 11.1 Å². The normalized spacial score (nSPS) is 42.4. The molecule has 18 nitrogen and oxygen atoms in total. The number of nitrogens with one attached hydrogen (secondary N) is 1. The fourth-order valence-electron chi connectivity index (χ4n) is 9.49. The zero-order chi connectivity index (χ0) is 48.1. The molecule has 4 rings (SSSR count). The maximum atomic E-state index is 14.3. The van der Waals surface area contributed by atoms with Crippen LogP contribution in [0.25, 0.3) is 0 Å². The number of cyclic esters (lactones) is 1. The first kappa shape index (κ1) is 54.7. The van der Waals surface area contributed by atoms with Crippen LogP contribution in [0.5, 0.6) is 0 Å². The largest absolute Gasteiger partial charge is 0.448 e. The molecule has 1 aromatic rings. The van der Waals surface area contributed by atoms with E-state index in [1.54, 1.807) is 40.7 Å². The first-order valence-corrected chi connectivity index (χ1v) is 23.8. The summed E-state index contributed by atoms with van der Waals surface area (Å²) in [5, 5.41) is 50.0. The number of ether oxygens (including phenoxy) is 7. The fraction of sp³-hybridized carbons (Fsp3) is 0.844. The van der Waals surface area contributed by atoms with Crippen molar-refractivity contribution < 1.29 is 63.2 Å². The van der Waals surface area contributed by atoms with Crippen molar-refractivity contribution in [2.75, 3.05) is 53.7 Å². The van der Waals surface area contributed by atoms with E-state index in [1.807, 2.05) is 69.4 Å². The molecular weight excluding hydrogens is 945 g/mol. The highest BCUT2D eigenvalue weighted by Gasteiger charge is 2.53. The van der Waals surface area contributed by atoms with Gasteiger partial charge in [-0.15, -0.1) is 0 Å². The minimum atomic E-state index is -1.85. The first-order valence-electron chi connectivity index (χ1n) is 22.5. The summed E-state index contributed by atoms with van der Waals surface area (Å²) in [6.07, 6.45) is -3.67. The van der Waals surface area contributed by atoms with E-state index < -0.39 is 94.0 Å². The molecule has 3 aliphatic rings. The van der Waals surface area contributed by atoms with Gasteiger partial charge in [-0.2, -0.15) is 0 Å². The Kier molecular flexibility index (Phi) is 19.6. The van der Waals surface area contributed by atoms with E-state index in [2.05, 4.69) is 15.2 Å². The second kappa shape index (κ2) is 23.0. The van der Waals surface area contributed by atoms with Gasteiger partial charge in [0, 0.05) is 63.6 Å². The van der Waals surface area contributed by atoms with E-state index >= 15 is 0 Å². The quantitative estimate of drug-likeness (QED) is 0.0764. The zero-order valence-corrected chi connectivity index (χ0v) is 42.3. The molecule has 7 N–H and O–H groups in total. The van der Waals surface area contributed by atoms with E-state index in [0.717, 1.165) is 0 Å². The Morgan fingerprint density at radius 3 is 2.33 bits per heavy atom. The van der Waals surface area contributed by atoms with Crippen molar-refractivity contribution in [2.24, 2.45) is 17.8 Å². The van der Waals surface area contributed by atoms with Crippen molar-refractivity contribution in [1.29, 1.82) is 0 Å². The number of amides is 1. The molecule has 4 heterocycles. The number of pyridine rings is 1. The number of nitrogens with zero attached hydrogens (tertiary/aromatic N) is 3. The number of hydrogen-bond donors (Lipinski definition) is 6. The predicted molar refractivity (Wildman–Crippen MR) is 247 cm³/mol. The number of aliphatic hydroxyl groups excluding tert-OH is 2. The van der Waals surface area contributed by atoms with Crippen LogP contribution in [0.4, 0.5) is 5.69 Å². The molecule has 0 spiro atoms. The molecule has 19 heteroatoms. The number of likely N-dealkylation sites (N-methyl/N-ethyl adjacent to an activating group) is 2. The molecule has 3 aliphatic heterocycles. The van der Waals surface area contributed by atoms with Gasteiger partial charge in [-0.1, -0.05) is 13.8 Å². The Hall–Kier alpha value is -1.86. The highest BCUT2D eigenvalue weighted by Crippen LogP contribution is 2.40. The van der Waals surface area contributed by atoms with Crippen LogP contribution >= 0.6 is 22.6 Å². The Morgan fingerprint density at radius 1 is 1.03 bits per heavy atom. The molecule has 0 aromatic carbocycles. The van der Waals surface area contributed by atoms with Gasteiger partial charge in [0.1, 0.15) is 23.9 Å². The first-order chi connectivity index (χ1) is 29.7. The topological polar surface area (TPSA) is 237 Å². The lowest BCUT2D eigenvalue weighted by Crippen LogP contribution is -2.61. The van der Waals surface area contributed by atoms with Crippen LogP contribution in [0, 0.1) is 17.8 Å². The standard InChI is InChI=1S/C45H78IN5O13/c1-24-19-43(7,56)38(63-41-35(32(50(10)11)17-25(2)60-41)59-16-14-15-49-39(54)30-18-31(47)22-48-21-30)26(3)34(62-33-20-44(8,58-13)37(53)29(6)61-33)27(4)40(55)64-42(46)45(9,57)36(52)28(5)51(12)23-24/h18,21-22,24-29,32-38,41-42,52-53,56-57H,14-17,19-20,23,47H2,1-13H3,(H,49,54)/t24-,25-,26+,27-,28-,29+,32+,33+,34+,35-,36-,37+,38-,41+,42+,43-,44-,45+/m1/s1. The van der Waals surface area contributed by atoms with E-state index in [9.17, 15) is 30.0 Å². The van der Waals surface area contributed by atoms with Crippen molar-refractivity contribution in [3.63, 3.8) is 0 Å². The number of aromatic nitrogens is 1. The Bertz CT molecular complexity index is 1660. The van der Waals surface area contributed by atoms with E-state index in [4.69, 9.17) is 38.9 Å². The number of nitrogens with two attached hydrogens (primary N) is 1. The van der Waals surface area contributed by atoms with E-state index in [0.29, 0.717) is 37.2 Å². The third kappa shape index (κ3) is 13.4. The van der Waals surface area contributed by atoms with Gasteiger partial charge in [0.25, 0.3) is 5.91 Å². The minimum absolute atomic E-state index is 0.111. The van der Waals surface area contributed by atoms with Gasteiger partial charge in [-0.3, -0.25) is 14.6 Å². The molecule has 3 fully saturated rings. The number of esters is 1. The lowest BCUT2D eigenvalue weighted by molar-refractivity contribution is -0.321. The number of carbonyl (C=O) groups excluding carboxylic acids is 2. The predicted octanol–water partition coefficient (Wildman–Crippen LogP) is 2.70. The molecule has 3 saturated heterocycles. The summed E-state index contributed by atoms with van der Waals surface area (Å²) in [6.45, 7) is 16.8. The summed E-state index contributed by atoms with van der Waals surface area (Å²) in [5.74, 6) is -3.03. The number of anilines is 1. The summed E-state index contributed by atoms with van der Waals surface area (Å²) in [4.78, 5) is 35.1. The number of nitrogen functional groups attached to an aromatic ring is 1. The Morgan fingerprint density at radius 2 is 1.70 bits per heavy atom. The van der Waals surface area contributed by atoms with Gasteiger partial charge in [0.2, 0.25) is 0 Å². The molecule has 368 valence electrons. The van der Waals surface area contributed by atoms with Crippen molar-refractivity contribution in [1.82, 2.24) is 20.1 Å². The fourth-order valence-corrected chi connectivity index (χ4v) is 10.1. The summed E-state index contributed by atoms with van der Waals surface area (Å²) in [6, 6.07) is 0.817. The molecule has 64 heavy (non-hydrogen) atoms. The monoisotopic (exact) mass is 1020 g/mol. The van der Waals surface area contributed by atoms with Gasteiger partial charge in [0.15, 0.2) is 16.7 Å². The average molecular weight is 1020 g/mol. The molecular formula is C45H78IN5O13. The summed E-state index contributed by atoms with van der Waals surface area (Å²) in [7, 11) is 7.26. The smallest absolute Gasteiger partial charge is 0.312 e. The Balaban J connectivity index is 1.74. The number of methoxy groups -OCH3 is 1. The number of hydrogen-bond acceptors (Lipinski definition) is 17. The zero-order valence-electron chi connectivity index (χ0n) is 40.1. The maximum absolute atomic E-state index is 14.3. The van der Waals surface area contributed by atoms with Crippen molar-refractivity contribution >= 4 is 40.2 Å². The average Bonchev–Trinajstić information content (AvgIpc) is 3.22. The molecule has 1 aromatic heterocycles. The van der Waals surface area contributed by atoms with Crippen LogP contribution in [0.1, 0.15) is 98.4 Å². The molecule has 1 amide bonds. The number of carbonyl (C=O) groups is 2. The molecule has 0 bridgehead atoms. The molecule has 0 unspecified atom stereocenters. The highest BCUT2D eigenvalue weighted by molar-refractivity contribution is 14.1. The van der Waals surface area contributed by atoms with Crippen LogP contribution in [0.3, 0.4) is 0 Å². The number of rotatable bonds is 12.